The Morgan fingerprint density at radius 3 is 2.35 bits per heavy atom. The summed E-state index contributed by atoms with van der Waals surface area (Å²) in [6.45, 7) is 0.775. The highest BCUT2D eigenvalue weighted by molar-refractivity contribution is 6.19. The summed E-state index contributed by atoms with van der Waals surface area (Å²) in [6, 6.07) is 2.95. The Kier molecular flexibility index (Phi) is 8.36. The Morgan fingerprint density at radius 1 is 1.19 bits per heavy atom. The van der Waals surface area contributed by atoms with Crippen LogP contribution in [0, 0.1) is 11.6 Å². The molecule has 0 radical (unpaired) electrons. The average Bonchev–Trinajstić information content (AvgIpc) is 2.56. The van der Waals surface area contributed by atoms with Crippen LogP contribution in [0.3, 0.4) is 0 Å². The van der Waals surface area contributed by atoms with Crippen molar-refractivity contribution in [2.24, 2.45) is 16.5 Å². The summed E-state index contributed by atoms with van der Waals surface area (Å²) in [7, 11) is 0. The number of ether oxygens (including phenoxy) is 1. The number of hydrogen-bond donors (Lipinski definition) is 3. The molecule has 0 atom stereocenters. The number of amidine groups is 1. The monoisotopic (exact) mass is 369 g/mol. The third-order valence-corrected chi connectivity index (χ3v) is 3.28. The predicted molar refractivity (Wildman–Crippen MR) is 91.3 cm³/mol. The minimum Gasteiger partial charge on any atom is -0.454 e. The second-order valence-corrected chi connectivity index (χ2v) is 5.35. The number of esters is 1. The van der Waals surface area contributed by atoms with E-state index >= 15 is 0 Å². The van der Waals surface area contributed by atoms with Gasteiger partial charge in [-0.25, -0.2) is 13.6 Å². The van der Waals surface area contributed by atoms with Crippen molar-refractivity contribution < 1.29 is 28.2 Å². The van der Waals surface area contributed by atoms with Crippen LogP contribution in [0.4, 0.5) is 8.78 Å². The number of aliphatic hydroxyl groups is 1. The third-order valence-electron chi connectivity index (χ3n) is 3.28. The zero-order chi connectivity index (χ0) is 19.7. The van der Waals surface area contributed by atoms with Gasteiger partial charge in [-0.1, -0.05) is 6.07 Å². The lowest BCUT2D eigenvalue weighted by Crippen LogP contribution is -2.28. The number of carbonyl (C=O) groups excluding carboxylic acids is 2. The molecule has 0 spiro atoms. The van der Waals surface area contributed by atoms with Gasteiger partial charge in [-0.05, 0) is 31.9 Å². The van der Waals surface area contributed by atoms with Gasteiger partial charge in [-0.2, -0.15) is 0 Å². The van der Waals surface area contributed by atoms with E-state index in [1.54, 1.807) is 0 Å². The van der Waals surface area contributed by atoms with Gasteiger partial charge in [-0.15, -0.1) is 0 Å². The Bertz CT molecular complexity index is 708. The summed E-state index contributed by atoms with van der Waals surface area (Å²) in [5.74, 6) is -4.36. The van der Waals surface area contributed by atoms with Crippen molar-refractivity contribution >= 4 is 17.6 Å². The number of unbranched alkanes of at least 4 members (excludes halogenated alkanes) is 1. The predicted octanol–water partition coefficient (Wildman–Crippen LogP) is 1.05. The summed E-state index contributed by atoms with van der Waals surface area (Å²) >= 11 is 0. The lowest BCUT2D eigenvalue weighted by molar-refractivity contribution is -0.137. The van der Waals surface area contributed by atoms with Crippen LogP contribution in [0.25, 0.3) is 0 Å². The lowest BCUT2D eigenvalue weighted by atomic mass is 10.1. The van der Waals surface area contributed by atoms with Crippen molar-refractivity contribution in [3.05, 3.63) is 46.7 Å². The molecule has 0 fully saturated rings. The van der Waals surface area contributed by atoms with E-state index in [0.717, 1.165) is 18.2 Å². The number of aliphatic hydroxyl groups excluding tert-OH is 1. The van der Waals surface area contributed by atoms with E-state index in [0.29, 0.717) is 12.8 Å². The number of hydrogen-bond acceptors (Lipinski definition) is 6. The second kappa shape index (κ2) is 10.2. The molecular formula is C17H21F2N3O4. The van der Waals surface area contributed by atoms with Crippen LogP contribution in [0.2, 0.25) is 0 Å². The average molecular weight is 369 g/mol. The summed E-state index contributed by atoms with van der Waals surface area (Å²) < 4.78 is 31.9. The molecule has 9 heteroatoms. The molecule has 0 amide bonds. The summed E-state index contributed by atoms with van der Waals surface area (Å²) in [5, 5.41) is 8.70. The van der Waals surface area contributed by atoms with Gasteiger partial charge in [-0.3, -0.25) is 9.79 Å². The molecule has 5 N–H and O–H groups in total. The number of rotatable bonds is 9. The van der Waals surface area contributed by atoms with Crippen molar-refractivity contribution in [2.45, 2.75) is 19.8 Å². The first-order valence-corrected chi connectivity index (χ1v) is 7.81. The molecule has 0 heterocycles. The number of benzene rings is 1. The molecule has 1 aromatic carbocycles. The number of halogens is 2. The Labute approximate surface area is 149 Å². The van der Waals surface area contributed by atoms with E-state index < -0.39 is 35.6 Å². The van der Waals surface area contributed by atoms with E-state index in [1.807, 2.05) is 0 Å². The number of aliphatic imine (C=N–C) groups is 1. The van der Waals surface area contributed by atoms with Crippen LogP contribution in [-0.4, -0.2) is 42.5 Å². The molecular weight excluding hydrogens is 348 g/mol. The van der Waals surface area contributed by atoms with Gasteiger partial charge in [0.15, 0.2) is 6.61 Å². The topological polar surface area (TPSA) is 128 Å². The molecule has 1 aromatic rings. The molecule has 7 nitrogen and oxygen atoms in total. The zero-order valence-corrected chi connectivity index (χ0v) is 14.3. The van der Waals surface area contributed by atoms with Crippen molar-refractivity contribution in [3.63, 3.8) is 0 Å². The number of carbonyl (C=O) groups is 2. The Hall–Kier alpha value is -2.81. The number of Topliss-reactive ketones (excluding diaryl/α,β-unsaturated/α-hetero) is 1. The van der Waals surface area contributed by atoms with E-state index in [2.05, 4.69) is 4.99 Å². The number of nitrogens with zero attached hydrogens (tertiary/aromatic N) is 1. The van der Waals surface area contributed by atoms with Crippen LogP contribution in [-0.2, 0) is 9.53 Å². The fraction of sp³-hybridized carbons (Fsp3) is 0.353. The summed E-state index contributed by atoms with van der Waals surface area (Å²) in [4.78, 5) is 28.0. The maximum atomic E-state index is 13.6. The molecule has 0 bridgehead atoms. The van der Waals surface area contributed by atoms with Crippen LogP contribution in [0.15, 0.2) is 34.5 Å². The molecule has 142 valence electrons. The summed E-state index contributed by atoms with van der Waals surface area (Å²) in [5.41, 5.74) is 10.3. The number of allylic oxidation sites excluding steroid dienone is 1. The fourth-order valence-corrected chi connectivity index (χ4v) is 2.01. The van der Waals surface area contributed by atoms with Crippen LogP contribution >= 0.6 is 0 Å². The molecule has 1 rings (SSSR count). The summed E-state index contributed by atoms with van der Waals surface area (Å²) in [6.07, 6.45) is 1.07. The first-order valence-electron chi connectivity index (χ1n) is 7.81. The van der Waals surface area contributed by atoms with Crippen molar-refractivity contribution in [1.29, 1.82) is 0 Å². The molecule has 0 saturated heterocycles. The Balaban J connectivity index is 2.80. The van der Waals surface area contributed by atoms with Crippen LogP contribution in [0.5, 0.6) is 0 Å². The first-order chi connectivity index (χ1) is 12.3. The Morgan fingerprint density at radius 2 is 1.81 bits per heavy atom. The maximum absolute atomic E-state index is 13.6. The third kappa shape index (κ3) is 5.92. The molecule has 0 aliphatic carbocycles. The van der Waals surface area contributed by atoms with Gasteiger partial charge in [0, 0.05) is 18.8 Å². The lowest BCUT2D eigenvalue weighted by Gasteiger charge is -2.10. The SMILES string of the molecule is CC(N)=C(C(=O)OCC(=O)c1c(F)cccc1F)C(N)=NCCCCO. The molecule has 0 saturated carbocycles. The largest absolute Gasteiger partial charge is 0.454 e. The smallest absolute Gasteiger partial charge is 0.344 e. The van der Waals surface area contributed by atoms with Crippen LogP contribution in [0.1, 0.15) is 30.1 Å². The quantitative estimate of drug-likeness (QED) is 0.149. The number of nitrogens with two attached hydrogens (primary N) is 2. The van der Waals surface area contributed by atoms with Gasteiger partial charge in [0.1, 0.15) is 23.0 Å². The van der Waals surface area contributed by atoms with Gasteiger partial charge in [0.05, 0.1) is 5.56 Å². The molecule has 0 aliphatic heterocycles. The van der Waals surface area contributed by atoms with Crippen LogP contribution < -0.4 is 11.5 Å². The van der Waals surface area contributed by atoms with E-state index in [-0.39, 0.29) is 30.3 Å². The highest BCUT2D eigenvalue weighted by Crippen LogP contribution is 2.13. The van der Waals surface area contributed by atoms with E-state index in [1.165, 1.54) is 6.92 Å². The number of ketones is 1. The van der Waals surface area contributed by atoms with Gasteiger partial charge in [0.25, 0.3) is 0 Å². The zero-order valence-electron chi connectivity index (χ0n) is 14.3. The second-order valence-electron chi connectivity index (χ2n) is 5.35. The molecule has 0 aliphatic rings. The van der Waals surface area contributed by atoms with E-state index in [4.69, 9.17) is 21.3 Å². The minimum absolute atomic E-state index is 0.00476. The highest BCUT2D eigenvalue weighted by atomic mass is 19.1. The van der Waals surface area contributed by atoms with Crippen molar-refractivity contribution in [1.82, 2.24) is 0 Å². The van der Waals surface area contributed by atoms with Gasteiger partial charge < -0.3 is 21.3 Å². The van der Waals surface area contributed by atoms with Gasteiger partial charge >= 0.3 is 5.97 Å². The molecule has 0 unspecified atom stereocenters. The fourth-order valence-electron chi connectivity index (χ4n) is 2.01. The van der Waals surface area contributed by atoms with Gasteiger partial charge in [0.2, 0.25) is 5.78 Å². The maximum Gasteiger partial charge on any atom is 0.344 e. The van der Waals surface area contributed by atoms with Crippen molar-refractivity contribution in [3.8, 4) is 0 Å². The molecule has 0 aromatic heterocycles. The minimum atomic E-state index is -1.05. The first kappa shape index (κ1) is 21.2. The van der Waals surface area contributed by atoms with E-state index in [9.17, 15) is 18.4 Å². The standard InChI is InChI=1S/C17H21F2N3O4/c1-10(20)14(16(21)22-7-2-3-8-23)17(25)26-9-13(24)15-11(18)5-4-6-12(15)19/h4-6,23H,2-3,7-9,20H2,1H3,(H2,21,22). The normalized spacial score (nSPS) is 12.5. The highest BCUT2D eigenvalue weighted by Gasteiger charge is 2.22. The van der Waals surface area contributed by atoms with Crippen molar-refractivity contribution in [2.75, 3.05) is 19.8 Å². The molecule has 26 heavy (non-hydrogen) atoms.